The number of hydrogen-bond donors (Lipinski definition) is 0. The third-order valence-corrected chi connectivity index (χ3v) is 5.84. The van der Waals surface area contributed by atoms with E-state index in [1.165, 1.54) is 17.2 Å². The quantitative estimate of drug-likeness (QED) is 0.318. The first-order valence-corrected chi connectivity index (χ1v) is 10.0. The van der Waals surface area contributed by atoms with Crippen molar-refractivity contribution in [2.24, 2.45) is 0 Å². The number of hydrogen-bond acceptors (Lipinski definition) is 1. The Morgan fingerprint density at radius 2 is 1.65 bits per heavy atom. The second-order valence-corrected chi connectivity index (χ2v) is 7.83. The molecule has 0 heterocycles. The zero-order chi connectivity index (χ0) is 22.1. The summed E-state index contributed by atoms with van der Waals surface area (Å²) in [5, 5.41) is 8.81. The van der Waals surface area contributed by atoms with Crippen molar-refractivity contribution in [3.8, 4) is 17.2 Å². The van der Waals surface area contributed by atoms with E-state index < -0.39 is 28.8 Å². The topological polar surface area (TPSA) is 23.8 Å². The standard InChI is InChI=1S/C26H19F4N/c1-15-2-4-16(5-3-15)17-6-8-18(9-7-17)21-13-23(28)24(26(30)25(21)29)19-10-11-20(14-31)22(27)12-19/h2-5,8,10-13,17H,6-7,9H2,1H3. The summed E-state index contributed by atoms with van der Waals surface area (Å²) in [5.74, 6) is -4.12. The number of allylic oxidation sites excluding steroid dienone is 2. The van der Waals surface area contributed by atoms with Gasteiger partial charge in [0.1, 0.15) is 17.7 Å². The van der Waals surface area contributed by atoms with Crippen LogP contribution in [0, 0.1) is 41.5 Å². The number of benzene rings is 3. The highest BCUT2D eigenvalue weighted by Crippen LogP contribution is 2.39. The molecule has 0 aromatic heterocycles. The van der Waals surface area contributed by atoms with Crippen molar-refractivity contribution in [2.75, 3.05) is 0 Å². The van der Waals surface area contributed by atoms with Gasteiger partial charge in [0, 0.05) is 5.56 Å². The molecule has 1 atom stereocenters. The second-order valence-electron chi connectivity index (χ2n) is 7.83. The van der Waals surface area contributed by atoms with Gasteiger partial charge < -0.3 is 0 Å². The zero-order valence-electron chi connectivity index (χ0n) is 16.9. The fraction of sp³-hybridized carbons (Fsp3) is 0.192. The predicted octanol–water partition coefficient (Wildman–Crippen LogP) is 7.44. The maximum Gasteiger partial charge on any atom is 0.170 e. The fourth-order valence-electron chi connectivity index (χ4n) is 4.07. The Morgan fingerprint density at radius 3 is 2.26 bits per heavy atom. The number of aryl methyl sites for hydroxylation is 1. The molecular formula is C26H19F4N. The van der Waals surface area contributed by atoms with Crippen LogP contribution in [0.25, 0.3) is 16.7 Å². The molecule has 0 radical (unpaired) electrons. The van der Waals surface area contributed by atoms with Gasteiger partial charge in [-0.15, -0.1) is 0 Å². The van der Waals surface area contributed by atoms with Gasteiger partial charge in [0.05, 0.1) is 11.1 Å². The summed E-state index contributed by atoms with van der Waals surface area (Å²) in [6.07, 6.45) is 3.75. The highest BCUT2D eigenvalue weighted by molar-refractivity contribution is 5.73. The summed E-state index contributed by atoms with van der Waals surface area (Å²) in [4.78, 5) is 0. The summed E-state index contributed by atoms with van der Waals surface area (Å²) in [6, 6.07) is 14.0. The average Bonchev–Trinajstić information content (AvgIpc) is 2.77. The molecule has 3 aromatic rings. The molecular weight excluding hydrogens is 402 g/mol. The van der Waals surface area contributed by atoms with E-state index in [-0.39, 0.29) is 22.6 Å². The van der Waals surface area contributed by atoms with Crippen LogP contribution < -0.4 is 0 Å². The number of nitriles is 1. The van der Waals surface area contributed by atoms with Crippen LogP contribution in [0.5, 0.6) is 0 Å². The molecule has 3 aromatic carbocycles. The molecule has 0 fully saturated rings. The van der Waals surface area contributed by atoms with Crippen LogP contribution in [-0.4, -0.2) is 0 Å². The van der Waals surface area contributed by atoms with E-state index in [4.69, 9.17) is 5.26 Å². The molecule has 0 spiro atoms. The minimum Gasteiger partial charge on any atom is -0.206 e. The van der Waals surface area contributed by atoms with Gasteiger partial charge in [-0.2, -0.15) is 5.26 Å². The van der Waals surface area contributed by atoms with E-state index in [1.54, 1.807) is 6.07 Å². The molecule has 156 valence electrons. The average molecular weight is 421 g/mol. The Bertz CT molecular complexity index is 1220. The summed E-state index contributed by atoms with van der Waals surface area (Å²) < 4.78 is 58.4. The molecule has 1 nitrogen and oxygen atoms in total. The molecule has 0 aliphatic heterocycles. The summed E-state index contributed by atoms with van der Waals surface area (Å²) in [6.45, 7) is 2.02. The summed E-state index contributed by atoms with van der Waals surface area (Å²) in [5.41, 5.74) is 1.78. The molecule has 4 rings (SSSR count). The SMILES string of the molecule is Cc1ccc(C2CC=C(c3cc(F)c(-c4ccc(C#N)c(F)c4)c(F)c3F)CC2)cc1. The summed E-state index contributed by atoms with van der Waals surface area (Å²) >= 11 is 0. The molecule has 0 saturated carbocycles. The maximum atomic E-state index is 14.9. The molecule has 1 unspecified atom stereocenters. The van der Waals surface area contributed by atoms with Crippen LogP contribution in [0.1, 0.15) is 47.4 Å². The van der Waals surface area contributed by atoms with Gasteiger partial charge in [0.2, 0.25) is 0 Å². The predicted molar refractivity (Wildman–Crippen MR) is 112 cm³/mol. The first-order chi connectivity index (χ1) is 14.9. The first-order valence-electron chi connectivity index (χ1n) is 10.0. The van der Waals surface area contributed by atoms with Crippen molar-refractivity contribution in [1.29, 1.82) is 5.26 Å². The van der Waals surface area contributed by atoms with Crippen LogP contribution in [0.15, 0.2) is 54.6 Å². The minimum atomic E-state index is -1.36. The van der Waals surface area contributed by atoms with Crippen LogP contribution in [0.4, 0.5) is 17.6 Å². The fourth-order valence-corrected chi connectivity index (χ4v) is 4.07. The van der Waals surface area contributed by atoms with Crippen molar-refractivity contribution in [1.82, 2.24) is 0 Å². The lowest BCUT2D eigenvalue weighted by molar-refractivity contribution is 0.495. The molecule has 31 heavy (non-hydrogen) atoms. The zero-order valence-corrected chi connectivity index (χ0v) is 16.9. The molecule has 5 heteroatoms. The molecule has 0 amide bonds. The lowest BCUT2D eigenvalue weighted by Crippen LogP contribution is -2.07. The van der Waals surface area contributed by atoms with E-state index in [9.17, 15) is 17.6 Å². The largest absolute Gasteiger partial charge is 0.206 e. The third-order valence-electron chi connectivity index (χ3n) is 5.84. The number of nitrogens with zero attached hydrogens (tertiary/aromatic N) is 1. The molecule has 1 aliphatic rings. The van der Waals surface area contributed by atoms with E-state index >= 15 is 0 Å². The minimum absolute atomic E-state index is 0.102. The molecule has 0 bridgehead atoms. The third kappa shape index (κ3) is 3.98. The van der Waals surface area contributed by atoms with Gasteiger partial charge in [-0.25, -0.2) is 17.6 Å². The first kappa shape index (κ1) is 20.9. The van der Waals surface area contributed by atoms with Gasteiger partial charge >= 0.3 is 0 Å². The van der Waals surface area contributed by atoms with Crippen molar-refractivity contribution in [3.05, 3.63) is 100 Å². The van der Waals surface area contributed by atoms with Gasteiger partial charge in [0.15, 0.2) is 11.6 Å². The lowest BCUT2D eigenvalue weighted by Gasteiger charge is -2.23. The lowest BCUT2D eigenvalue weighted by atomic mass is 9.82. The van der Waals surface area contributed by atoms with Crippen LogP contribution in [0.2, 0.25) is 0 Å². The maximum absolute atomic E-state index is 14.9. The van der Waals surface area contributed by atoms with Gasteiger partial charge in [-0.05, 0) is 67.0 Å². The van der Waals surface area contributed by atoms with E-state index in [0.29, 0.717) is 18.4 Å². The Balaban J connectivity index is 1.66. The smallest absolute Gasteiger partial charge is 0.170 e. The Labute approximate surface area is 178 Å². The van der Waals surface area contributed by atoms with Crippen LogP contribution in [-0.2, 0) is 0 Å². The van der Waals surface area contributed by atoms with Crippen molar-refractivity contribution in [3.63, 3.8) is 0 Å². The van der Waals surface area contributed by atoms with Gasteiger partial charge in [0.25, 0.3) is 0 Å². The molecule has 0 saturated heterocycles. The summed E-state index contributed by atoms with van der Waals surface area (Å²) in [7, 11) is 0. The Morgan fingerprint density at radius 1 is 0.903 bits per heavy atom. The Kier molecular flexibility index (Phi) is 5.65. The number of halogens is 4. The van der Waals surface area contributed by atoms with E-state index in [2.05, 4.69) is 12.1 Å². The number of rotatable bonds is 3. The highest BCUT2D eigenvalue weighted by Gasteiger charge is 2.25. The molecule has 1 aliphatic carbocycles. The van der Waals surface area contributed by atoms with Gasteiger partial charge in [-0.1, -0.05) is 42.0 Å². The van der Waals surface area contributed by atoms with E-state index in [1.807, 2.05) is 25.1 Å². The van der Waals surface area contributed by atoms with E-state index in [0.717, 1.165) is 24.6 Å². The van der Waals surface area contributed by atoms with Crippen molar-refractivity contribution >= 4 is 5.57 Å². The second kappa shape index (κ2) is 8.39. The van der Waals surface area contributed by atoms with Gasteiger partial charge in [-0.3, -0.25) is 0 Å². The monoisotopic (exact) mass is 421 g/mol. The Hall–Kier alpha value is -3.39. The van der Waals surface area contributed by atoms with Crippen LogP contribution >= 0.6 is 0 Å². The normalized spacial score (nSPS) is 16.0. The van der Waals surface area contributed by atoms with Crippen LogP contribution in [0.3, 0.4) is 0 Å². The van der Waals surface area contributed by atoms with Crippen molar-refractivity contribution < 1.29 is 17.6 Å². The highest BCUT2D eigenvalue weighted by atomic mass is 19.2. The molecule has 0 N–H and O–H groups in total. The van der Waals surface area contributed by atoms with Crippen molar-refractivity contribution in [2.45, 2.75) is 32.1 Å².